The Bertz CT molecular complexity index is 473. The number of nitrogens with two attached hydrogens (primary N) is 1. The van der Waals surface area contributed by atoms with Gasteiger partial charge in [-0.15, -0.1) is 0 Å². The Morgan fingerprint density at radius 1 is 1.55 bits per heavy atom. The van der Waals surface area contributed by atoms with Gasteiger partial charge < -0.3 is 25.6 Å². The van der Waals surface area contributed by atoms with Crippen LogP contribution in [0, 0.1) is 11.3 Å². The van der Waals surface area contributed by atoms with E-state index in [9.17, 15) is 9.90 Å². The summed E-state index contributed by atoms with van der Waals surface area (Å²) in [7, 11) is 0. The summed E-state index contributed by atoms with van der Waals surface area (Å²) >= 11 is 0. The van der Waals surface area contributed by atoms with Gasteiger partial charge in [-0.1, -0.05) is 6.07 Å². The molecular formula is C13H17N3O4. The van der Waals surface area contributed by atoms with Crippen LogP contribution in [0.2, 0.25) is 0 Å². The molecule has 4 N–H and O–H groups in total. The summed E-state index contributed by atoms with van der Waals surface area (Å²) in [6, 6.07) is 8.69. The van der Waals surface area contributed by atoms with E-state index in [1.54, 1.807) is 24.3 Å². The lowest BCUT2D eigenvalue weighted by Crippen LogP contribution is -2.33. The largest absolute Gasteiger partial charge is 0.491 e. The second-order valence-electron chi connectivity index (χ2n) is 3.98. The third kappa shape index (κ3) is 6.58. The molecule has 0 bridgehead atoms. The number of benzene rings is 1. The van der Waals surface area contributed by atoms with Crippen LogP contribution in [0.15, 0.2) is 24.3 Å². The average molecular weight is 279 g/mol. The van der Waals surface area contributed by atoms with Crippen molar-refractivity contribution in [3.8, 4) is 11.8 Å². The second-order valence-corrected chi connectivity index (χ2v) is 3.98. The van der Waals surface area contributed by atoms with E-state index < -0.39 is 12.2 Å². The van der Waals surface area contributed by atoms with Crippen LogP contribution in [0.1, 0.15) is 5.56 Å². The molecule has 0 aliphatic carbocycles. The first-order chi connectivity index (χ1) is 9.61. The molecule has 0 aliphatic heterocycles. The molecule has 0 spiro atoms. The summed E-state index contributed by atoms with van der Waals surface area (Å²) < 4.78 is 9.87. The quantitative estimate of drug-likeness (QED) is 0.576. The number of hydrogen-bond donors (Lipinski definition) is 3. The molecule has 0 aliphatic rings. The molecule has 20 heavy (non-hydrogen) atoms. The van der Waals surface area contributed by atoms with Crippen LogP contribution >= 0.6 is 0 Å². The fourth-order valence-corrected chi connectivity index (χ4v) is 1.40. The molecule has 1 unspecified atom stereocenters. The van der Waals surface area contributed by atoms with E-state index in [1.165, 1.54) is 0 Å². The van der Waals surface area contributed by atoms with Gasteiger partial charge in [0.2, 0.25) is 0 Å². The summed E-state index contributed by atoms with van der Waals surface area (Å²) in [4.78, 5) is 10.3. The van der Waals surface area contributed by atoms with Crippen LogP contribution < -0.4 is 15.8 Å². The highest BCUT2D eigenvalue weighted by atomic mass is 16.5. The van der Waals surface area contributed by atoms with Crippen molar-refractivity contribution in [2.75, 3.05) is 26.3 Å². The molecular weight excluding hydrogens is 262 g/mol. The average Bonchev–Trinajstić information content (AvgIpc) is 2.44. The standard InChI is InChI=1S/C13H17N3O4/c14-7-10-2-1-3-12(6-10)20-9-11(17)8-16-4-5-19-13(15)18/h1-3,6,11,16-17H,4-5,8-9H2,(H2,15,18). The molecule has 1 atom stereocenters. The zero-order valence-corrected chi connectivity index (χ0v) is 10.9. The Hall–Kier alpha value is -2.30. The molecule has 0 saturated heterocycles. The minimum absolute atomic E-state index is 0.0958. The molecule has 1 aromatic carbocycles. The second kappa shape index (κ2) is 8.74. The van der Waals surface area contributed by atoms with E-state index in [2.05, 4.69) is 10.1 Å². The Morgan fingerprint density at radius 2 is 2.35 bits per heavy atom. The highest BCUT2D eigenvalue weighted by Crippen LogP contribution is 2.12. The van der Waals surface area contributed by atoms with Gasteiger partial charge in [-0.2, -0.15) is 5.26 Å². The van der Waals surface area contributed by atoms with Gasteiger partial charge in [-0.3, -0.25) is 0 Å². The number of hydrogen-bond acceptors (Lipinski definition) is 6. The first-order valence-corrected chi connectivity index (χ1v) is 6.06. The number of primary amides is 1. The fraction of sp³-hybridized carbons (Fsp3) is 0.385. The lowest BCUT2D eigenvalue weighted by atomic mass is 10.2. The summed E-state index contributed by atoms with van der Waals surface area (Å²) in [6.45, 7) is 0.926. The van der Waals surface area contributed by atoms with Crippen molar-refractivity contribution < 1.29 is 19.4 Å². The number of nitriles is 1. The smallest absolute Gasteiger partial charge is 0.404 e. The van der Waals surface area contributed by atoms with E-state index in [4.69, 9.17) is 15.7 Å². The molecule has 0 radical (unpaired) electrons. The molecule has 1 aromatic rings. The predicted molar refractivity (Wildman–Crippen MR) is 71.1 cm³/mol. The highest BCUT2D eigenvalue weighted by molar-refractivity contribution is 5.64. The molecule has 0 fully saturated rings. The monoisotopic (exact) mass is 279 g/mol. The van der Waals surface area contributed by atoms with Crippen molar-refractivity contribution in [1.29, 1.82) is 5.26 Å². The predicted octanol–water partition coefficient (Wildman–Crippen LogP) is -0.0171. The van der Waals surface area contributed by atoms with Gasteiger partial charge >= 0.3 is 6.09 Å². The van der Waals surface area contributed by atoms with E-state index in [0.717, 1.165) is 0 Å². The Labute approximate surface area is 116 Å². The van der Waals surface area contributed by atoms with Crippen LogP contribution in [0.5, 0.6) is 5.75 Å². The van der Waals surface area contributed by atoms with Crippen LogP contribution in [-0.4, -0.2) is 43.6 Å². The number of carbonyl (C=O) groups is 1. The molecule has 1 amide bonds. The van der Waals surface area contributed by atoms with Gasteiger partial charge in [0.05, 0.1) is 11.6 Å². The molecule has 0 heterocycles. The highest BCUT2D eigenvalue weighted by Gasteiger charge is 2.05. The Balaban J connectivity index is 2.17. The third-order valence-electron chi connectivity index (χ3n) is 2.31. The normalized spacial score (nSPS) is 11.4. The maximum atomic E-state index is 10.3. The molecule has 7 heteroatoms. The van der Waals surface area contributed by atoms with E-state index >= 15 is 0 Å². The minimum Gasteiger partial charge on any atom is -0.491 e. The van der Waals surface area contributed by atoms with Gasteiger partial charge in [0.25, 0.3) is 0 Å². The molecule has 0 saturated carbocycles. The Morgan fingerprint density at radius 3 is 3.05 bits per heavy atom. The summed E-state index contributed by atoms with van der Waals surface area (Å²) in [5.74, 6) is 0.528. The van der Waals surface area contributed by atoms with Crippen LogP contribution in [0.4, 0.5) is 4.79 Å². The Kier molecular flexibility index (Phi) is 6.89. The number of aliphatic hydroxyl groups excluding tert-OH is 1. The number of nitrogens with zero attached hydrogens (tertiary/aromatic N) is 1. The van der Waals surface area contributed by atoms with Crippen molar-refractivity contribution in [2.45, 2.75) is 6.10 Å². The van der Waals surface area contributed by atoms with E-state index in [0.29, 0.717) is 24.4 Å². The summed E-state index contributed by atoms with van der Waals surface area (Å²) in [5, 5.41) is 21.3. The third-order valence-corrected chi connectivity index (χ3v) is 2.31. The van der Waals surface area contributed by atoms with Gasteiger partial charge in [0, 0.05) is 13.1 Å². The molecule has 1 rings (SSSR count). The number of aliphatic hydroxyl groups is 1. The van der Waals surface area contributed by atoms with Crippen molar-refractivity contribution in [3.05, 3.63) is 29.8 Å². The zero-order valence-electron chi connectivity index (χ0n) is 10.9. The summed E-state index contributed by atoms with van der Waals surface area (Å²) in [5.41, 5.74) is 5.29. The molecule has 7 nitrogen and oxygen atoms in total. The maximum Gasteiger partial charge on any atom is 0.404 e. The van der Waals surface area contributed by atoms with Crippen molar-refractivity contribution in [1.82, 2.24) is 5.32 Å². The number of carbonyl (C=O) groups excluding carboxylic acids is 1. The number of nitrogens with one attached hydrogen (secondary N) is 1. The van der Waals surface area contributed by atoms with Gasteiger partial charge in [-0.25, -0.2) is 4.79 Å². The van der Waals surface area contributed by atoms with Gasteiger partial charge in [0.1, 0.15) is 25.1 Å². The van der Waals surface area contributed by atoms with E-state index in [-0.39, 0.29) is 13.2 Å². The van der Waals surface area contributed by atoms with Crippen molar-refractivity contribution in [2.24, 2.45) is 5.73 Å². The number of ether oxygens (including phenoxy) is 2. The zero-order chi connectivity index (χ0) is 14.8. The first kappa shape index (κ1) is 15.8. The van der Waals surface area contributed by atoms with Crippen molar-refractivity contribution >= 4 is 6.09 Å². The fourth-order valence-electron chi connectivity index (χ4n) is 1.40. The molecule has 0 aromatic heterocycles. The lowest BCUT2D eigenvalue weighted by Gasteiger charge is -2.13. The number of amides is 1. The number of rotatable bonds is 8. The van der Waals surface area contributed by atoms with Gasteiger partial charge in [-0.05, 0) is 18.2 Å². The molecule has 108 valence electrons. The SMILES string of the molecule is N#Cc1cccc(OCC(O)CNCCOC(N)=O)c1. The van der Waals surface area contributed by atoms with Crippen molar-refractivity contribution in [3.63, 3.8) is 0 Å². The van der Waals surface area contributed by atoms with E-state index in [1.807, 2.05) is 6.07 Å². The topological polar surface area (TPSA) is 118 Å². The summed E-state index contributed by atoms with van der Waals surface area (Å²) in [6.07, 6.45) is -1.54. The first-order valence-electron chi connectivity index (χ1n) is 6.06. The van der Waals surface area contributed by atoms with Crippen LogP contribution in [-0.2, 0) is 4.74 Å². The maximum absolute atomic E-state index is 10.3. The minimum atomic E-state index is -0.826. The van der Waals surface area contributed by atoms with Crippen LogP contribution in [0.25, 0.3) is 0 Å². The van der Waals surface area contributed by atoms with Gasteiger partial charge in [0.15, 0.2) is 0 Å². The lowest BCUT2D eigenvalue weighted by molar-refractivity contribution is 0.104. The van der Waals surface area contributed by atoms with Crippen LogP contribution in [0.3, 0.4) is 0 Å².